The van der Waals surface area contributed by atoms with E-state index in [2.05, 4.69) is 0 Å². The average Bonchev–Trinajstić information content (AvgIpc) is 3.42. The Bertz CT molecular complexity index is 3800. The highest BCUT2D eigenvalue weighted by Crippen LogP contribution is 2.43. The Hall–Kier alpha value is -8.26. The van der Waals surface area contributed by atoms with Crippen LogP contribution in [0, 0.1) is 0 Å². The van der Waals surface area contributed by atoms with E-state index in [0.29, 0.717) is 16.8 Å². The number of rotatable bonds is 9. The number of fused-ring (bicyclic) bond motifs is 2. The molecule has 0 aliphatic rings. The van der Waals surface area contributed by atoms with Crippen LogP contribution in [0.25, 0.3) is 88.3 Å². The molecule has 0 aromatic heterocycles. The molecule has 1 nitrogen and oxygen atoms in total. The van der Waals surface area contributed by atoms with E-state index >= 15 is 0 Å². The quantitative estimate of drug-likeness (QED) is 0.140. The van der Waals surface area contributed by atoms with E-state index in [1.807, 2.05) is 206 Å². The summed E-state index contributed by atoms with van der Waals surface area (Å²) in [4.78, 5) is 1.39. The SMILES string of the molecule is [2H]c1c([2H])c(N(c2cccc(-c3cccc4ccccc34)c2)c2c([2H])c([2H])c(-c3c(-c4ccccc4)ccc4ccccc34)c([2H])c2[2H])c([2H])c([2H])c1-c1ccc(-c2ccccc2)c(-c2ccccc2)c1. The maximum atomic E-state index is 9.93. The third-order valence-electron chi connectivity index (χ3n) is 11.6. The lowest BCUT2D eigenvalue weighted by atomic mass is 9.89. The van der Waals surface area contributed by atoms with E-state index in [0.717, 1.165) is 66.1 Å². The van der Waals surface area contributed by atoms with Crippen LogP contribution in [0.3, 0.4) is 0 Å². The van der Waals surface area contributed by atoms with Crippen molar-refractivity contribution in [2.75, 3.05) is 4.90 Å². The predicted molar refractivity (Wildman–Crippen MR) is 269 cm³/mol. The van der Waals surface area contributed by atoms with Crippen LogP contribution >= 0.6 is 0 Å². The van der Waals surface area contributed by atoms with Gasteiger partial charge in [0.1, 0.15) is 0 Å². The van der Waals surface area contributed by atoms with Crippen molar-refractivity contribution >= 4 is 38.6 Å². The maximum Gasteiger partial charge on any atom is 0.0645 e. The fourth-order valence-electron chi connectivity index (χ4n) is 8.59. The summed E-state index contributed by atoms with van der Waals surface area (Å²) in [6.07, 6.45) is 0. The number of nitrogens with zero attached hydrogens (tertiary/aromatic N) is 1. The number of anilines is 3. The van der Waals surface area contributed by atoms with Crippen LogP contribution in [0.4, 0.5) is 17.1 Å². The van der Waals surface area contributed by atoms with Gasteiger partial charge in [-0.05, 0) is 131 Å². The summed E-state index contributed by atoms with van der Waals surface area (Å²) in [6, 6.07) is 65.2. The minimum Gasteiger partial charge on any atom is -0.310 e. The highest BCUT2D eigenvalue weighted by Gasteiger charge is 2.18. The minimum atomic E-state index is -0.411. The topological polar surface area (TPSA) is 3.24 Å². The van der Waals surface area contributed by atoms with Crippen molar-refractivity contribution in [2.45, 2.75) is 0 Å². The predicted octanol–water partition coefficient (Wildman–Crippen LogP) is 17.5. The minimum absolute atomic E-state index is 0.0873. The first-order valence-electron chi connectivity index (χ1n) is 25.0. The van der Waals surface area contributed by atoms with Crippen molar-refractivity contribution in [1.82, 2.24) is 0 Å². The van der Waals surface area contributed by atoms with Crippen LogP contribution in [0.5, 0.6) is 0 Å². The van der Waals surface area contributed by atoms with Crippen molar-refractivity contribution in [1.29, 1.82) is 0 Å². The lowest BCUT2D eigenvalue weighted by Crippen LogP contribution is -2.10. The molecule has 0 N–H and O–H groups in total. The van der Waals surface area contributed by atoms with Crippen LogP contribution in [-0.4, -0.2) is 0 Å². The third kappa shape index (κ3) is 7.37. The Balaban J connectivity index is 1.17. The second-order valence-corrected chi connectivity index (χ2v) is 15.4. The number of hydrogen-bond acceptors (Lipinski definition) is 1. The van der Waals surface area contributed by atoms with Crippen molar-refractivity contribution in [3.8, 4) is 66.8 Å². The molecule has 11 rings (SSSR count). The summed E-state index contributed by atoms with van der Waals surface area (Å²) >= 11 is 0. The zero-order chi connectivity index (χ0) is 48.9. The van der Waals surface area contributed by atoms with Gasteiger partial charge in [0, 0.05) is 17.1 Å². The first-order chi connectivity index (χ1) is 34.6. The molecule has 0 radical (unpaired) electrons. The van der Waals surface area contributed by atoms with E-state index in [9.17, 15) is 11.0 Å². The molecule has 0 heterocycles. The van der Waals surface area contributed by atoms with Crippen LogP contribution < -0.4 is 4.90 Å². The molecule has 0 fully saturated rings. The molecule has 0 spiro atoms. The molecule has 63 heavy (non-hydrogen) atoms. The van der Waals surface area contributed by atoms with Gasteiger partial charge in [-0.25, -0.2) is 0 Å². The summed E-state index contributed by atoms with van der Waals surface area (Å²) in [5.41, 5.74) is 8.05. The Morgan fingerprint density at radius 2 is 0.746 bits per heavy atom. The van der Waals surface area contributed by atoms with E-state index in [-0.39, 0.29) is 46.7 Å². The molecule has 11 aromatic rings. The fraction of sp³-hybridized carbons (Fsp3) is 0. The largest absolute Gasteiger partial charge is 0.310 e. The molecular weight excluding hydrogens is 759 g/mol. The van der Waals surface area contributed by atoms with Crippen molar-refractivity contribution < 1.29 is 11.0 Å². The summed E-state index contributed by atoms with van der Waals surface area (Å²) in [6.45, 7) is 0. The first-order valence-corrected chi connectivity index (χ1v) is 21.0. The van der Waals surface area contributed by atoms with Gasteiger partial charge in [-0.1, -0.05) is 218 Å². The zero-order valence-electron chi connectivity index (χ0n) is 42.2. The van der Waals surface area contributed by atoms with Crippen molar-refractivity contribution in [3.63, 3.8) is 0 Å². The fourth-order valence-corrected chi connectivity index (χ4v) is 8.59. The molecule has 0 amide bonds. The van der Waals surface area contributed by atoms with E-state index in [4.69, 9.17) is 0 Å². The molecule has 0 aliphatic carbocycles. The van der Waals surface area contributed by atoms with Gasteiger partial charge in [0.25, 0.3) is 0 Å². The van der Waals surface area contributed by atoms with Gasteiger partial charge in [0.15, 0.2) is 0 Å². The maximum absolute atomic E-state index is 9.93. The highest BCUT2D eigenvalue weighted by molar-refractivity contribution is 6.04. The summed E-state index contributed by atoms with van der Waals surface area (Å²) in [5, 5.41) is 3.63. The second kappa shape index (κ2) is 16.7. The van der Waals surface area contributed by atoms with Crippen molar-refractivity contribution in [3.05, 3.63) is 261 Å². The second-order valence-electron chi connectivity index (χ2n) is 15.4. The number of hydrogen-bond donors (Lipinski definition) is 0. The van der Waals surface area contributed by atoms with Crippen molar-refractivity contribution in [2.24, 2.45) is 0 Å². The first kappa shape index (κ1) is 29.9. The van der Waals surface area contributed by atoms with Gasteiger partial charge >= 0.3 is 0 Å². The molecule has 0 aliphatic heterocycles. The average molecular weight is 810 g/mol. The molecule has 0 unspecified atom stereocenters. The van der Waals surface area contributed by atoms with Gasteiger partial charge in [-0.2, -0.15) is 0 Å². The lowest BCUT2D eigenvalue weighted by Gasteiger charge is -2.27. The summed E-state index contributed by atoms with van der Waals surface area (Å²) in [5.74, 6) is 0. The summed E-state index contributed by atoms with van der Waals surface area (Å²) < 4.78 is 78.7. The molecular formula is C62H43N. The van der Waals surface area contributed by atoms with Gasteiger partial charge in [-0.3, -0.25) is 0 Å². The van der Waals surface area contributed by atoms with E-state index in [1.54, 1.807) is 6.07 Å². The smallest absolute Gasteiger partial charge is 0.0645 e. The van der Waals surface area contributed by atoms with Crippen LogP contribution in [0.2, 0.25) is 0 Å². The molecule has 0 bridgehead atoms. The third-order valence-corrected chi connectivity index (χ3v) is 11.6. The summed E-state index contributed by atoms with van der Waals surface area (Å²) in [7, 11) is 0. The van der Waals surface area contributed by atoms with Gasteiger partial charge < -0.3 is 4.90 Å². The van der Waals surface area contributed by atoms with Gasteiger partial charge in [0.05, 0.1) is 11.0 Å². The molecule has 0 atom stereocenters. The van der Waals surface area contributed by atoms with Gasteiger partial charge in [-0.15, -0.1) is 0 Å². The van der Waals surface area contributed by atoms with E-state index < -0.39 is 24.2 Å². The van der Waals surface area contributed by atoms with Crippen LogP contribution in [0.1, 0.15) is 11.0 Å². The Morgan fingerprint density at radius 3 is 1.41 bits per heavy atom. The molecule has 296 valence electrons. The number of benzene rings is 11. The lowest BCUT2D eigenvalue weighted by molar-refractivity contribution is 1.28. The van der Waals surface area contributed by atoms with Crippen LogP contribution in [0.15, 0.2) is 261 Å². The Morgan fingerprint density at radius 1 is 0.254 bits per heavy atom. The van der Waals surface area contributed by atoms with Crippen LogP contribution in [-0.2, 0) is 0 Å². The van der Waals surface area contributed by atoms with E-state index in [1.165, 1.54) is 4.90 Å². The molecule has 0 saturated heterocycles. The standard InChI is InChI=1S/C62H43N/c1-4-16-45(17-5-1)58-40-35-51(43-61(58)48-20-8-3-9-21-48)44-30-36-53(37-31-44)63(55-26-14-25-52(42-55)57-29-15-24-46-22-10-12-27-56(46)57)54-38-32-50(33-39-54)62-59-28-13-11-23-49(59)34-41-60(62)47-18-6-2-7-19-47/h1-43H/i30D,31D,32D,33D,36D,37D,38D,39D. The molecule has 0 saturated carbocycles. The molecule has 1 heteroatoms. The van der Waals surface area contributed by atoms with Gasteiger partial charge in [0.2, 0.25) is 0 Å². The Kier molecular flexibility index (Phi) is 7.90. The monoisotopic (exact) mass is 809 g/mol. The normalized spacial score (nSPS) is 13.0. The molecule has 11 aromatic carbocycles. The Labute approximate surface area is 380 Å². The zero-order valence-corrected chi connectivity index (χ0v) is 34.2. The highest BCUT2D eigenvalue weighted by atomic mass is 15.1.